The Hall–Kier alpha value is -1.51. The van der Waals surface area contributed by atoms with Crippen LogP contribution in [0.25, 0.3) is 0 Å². The molecule has 0 unspecified atom stereocenters. The highest BCUT2D eigenvalue weighted by atomic mass is 16.1. The van der Waals surface area contributed by atoms with E-state index in [4.69, 9.17) is 0 Å². The molecule has 0 saturated carbocycles. The SMILES string of the molecule is CCCCCC/N=C(\C)c1cccc(C(C)=O)n1. The minimum absolute atomic E-state index is 0.00686. The molecule has 3 heteroatoms. The summed E-state index contributed by atoms with van der Waals surface area (Å²) in [5.74, 6) is -0.00686. The van der Waals surface area contributed by atoms with Crippen LogP contribution in [-0.2, 0) is 0 Å². The normalized spacial score (nSPS) is 11.6. The first-order chi connectivity index (χ1) is 8.65. The van der Waals surface area contributed by atoms with Gasteiger partial charge in [0.2, 0.25) is 0 Å². The van der Waals surface area contributed by atoms with E-state index in [1.165, 1.54) is 26.2 Å². The number of aromatic nitrogens is 1. The van der Waals surface area contributed by atoms with Gasteiger partial charge >= 0.3 is 0 Å². The van der Waals surface area contributed by atoms with E-state index >= 15 is 0 Å². The van der Waals surface area contributed by atoms with Crippen molar-refractivity contribution in [1.82, 2.24) is 4.98 Å². The number of unbranched alkanes of at least 4 members (excludes halogenated alkanes) is 3. The van der Waals surface area contributed by atoms with Gasteiger partial charge < -0.3 is 0 Å². The van der Waals surface area contributed by atoms with Gasteiger partial charge in [-0.1, -0.05) is 32.3 Å². The largest absolute Gasteiger partial charge is 0.293 e. The van der Waals surface area contributed by atoms with Crippen molar-refractivity contribution in [3.8, 4) is 0 Å². The van der Waals surface area contributed by atoms with E-state index in [9.17, 15) is 4.79 Å². The molecule has 0 saturated heterocycles. The summed E-state index contributed by atoms with van der Waals surface area (Å²) in [5, 5.41) is 0. The number of rotatable bonds is 7. The number of carbonyl (C=O) groups excluding carboxylic acids is 1. The fraction of sp³-hybridized carbons (Fsp3) is 0.533. The Bertz CT molecular complexity index is 424. The third kappa shape index (κ3) is 4.78. The lowest BCUT2D eigenvalue weighted by Crippen LogP contribution is -2.05. The van der Waals surface area contributed by atoms with Crippen LogP contribution in [0.15, 0.2) is 23.2 Å². The van der Waals surface area contributed by atoms with Crippen molar-refractivity contribution in [3.63, 3.8) is 0 Å². The lowest BCUT2D eigenvalue weighted by Gasteiger charge is -2.02. The van der Waals surface area contributed by atoms with Crippen LogP contribution < -0.4 is 0 Å². The van der Waals surface area contributed by atoms with E-state index in [2.05, 4.69) is 16.9 Å². The zero-order valence-electron chi connectivity index (χ0n) is 11.6. The molecular weight excluding hydrogens is 224 g/mol. The summed E-state index contributed by atoms with van der Waals surface area (Å²) in [7, 11) is 0. The Morgan fingerprint density at radius 1 is 1.17 bits per heavy atom. The average molecular weight is 246 g/mol. The molecule has 0 radical (unpaired) electrons. The highest BCUT2D eigenvalue weighted by Gasteiger charge is 2.04. The van der Waals surface area contributed by atoms with Crippen LogP contribution in [0.1, 0.15) is 62.6 Å². The second-order valence-corrected chi connectivity index (χ2v) is 4.49. The molecule has 0 bridgehead atoms. The third-order valence-corrected chi connectivity index (χ3v) is 2.84. The molecule has 18 heavy (non-hydrogen) atoms. The first-order valence-electron chi connectivity index (χ1n) is 6.64. The Morgan fingerprint density at radius 3 is 2.56 bits per heavy atom. The quantitative estimate of drug-likeness (QED) is 0.418. The summed E-state index contributed by atoms with van der Waals surface area (Å²) in [4.78, 5) is 20.1. The maximum Gasteiger partial charge on any atom is 0.178 e. The Labute approximate surface area is 109 Å². The lowest BCUT2D eigenvalue weighted by molar-refractivity contribution is 0.101. The molecule has 0 aliphatic carbocycles. The van der Waals surface area contributed by atoms with Crippen molar-refractivity contribution in [1.29, 1.82) is 0 Å². The van der Waals surface area contributed by atoms with Gasteiger partial charge in [0.15, 0.2) is 5.78 Å². The zero-order valence-corrected chi connectivity index (χ0v) is 11.6. The van der Waals surface area contributed by atoms with Gasteiger partial charge in [-0.2, -0.15) is 0 Å². The monoisotopic (exact) mass is 246 g/mol. The Balaban J connectivity index is 2.60. The van der Waals surface area contributed by atoms with E-state index in [1.54, 1.807) is 6.07 Å². The molecule has 0 aliphatic rings. The molecule has 0 aliphatic heterocycles. The van der Waals surface area contributed by atoms with Crippen LogP contribution in [0.3, 0.4) is 0 Å². The van der Waals surface area contributed by atoms with Gasteiger partial charge in [0.05, 0.1) is 11.4 Å². The molecule has 1 heterocycles. The van der Waals surface area contributed by atoms with Gasteiger partial charge in [0.25, 0.3) is 0 Å². The number of hydrogen-bond acceptors (Lipinski definition) is 3. The van der Waals surface area contributed by atoms with Crippen molar-refractivity contribution in [2.45, 2.75) is 46.5 Å². The molecule has 1 aromatic heterocycles. The first-order valence-corrected chi connectivity index (χ1v) is 6.64. The third-order valence-electron chi connectivity index (χ3n) is 2.84. The van der Waals surface area contributed by atoms with Crippen LogP contribution >= 0.6 is 0 Å². The van der Waals surface area contributed by atoms with E-state index in [0.717, 1.165) is 24.4 Å². The summed E-state index contributed by atoms with van der Waals surface area (Å²) >= 11 is 0. The van der Waals surface area contributed by atoms with E-state index < -0.39 is 0 Å². The molecule has 0 N–H and O–H groups in total. The predicted molar refractivity (Wildman–Crippen MR) is 75.5 cm³/mol. The maximum atomic E-state index is 11.3. The highest BCUT2D eigenvalue weighted by Crippen LogP contribution is 2.04. The predicted octanol–water partition coefficient (Wildman–Crippen LogP) is 3.67. The Kier molecular flexibility index (Phi) is 6.26. The fourth-order valence-electron chi connectivity index (χ4n) is 1.70. The number of aliphatic imine (C=N–C) groups is 1. The maximum absolute atomic E-state index is 11.3. The van der Waals surface area contributed by atoms with E-state index in [0.29, 0.717) is 5.69 Å². The van der Waals surface area contributed by atoms with Gasteiger partial charge in [-0.25, -0.2) is 4.98 Å². The standard InChI is InChI=1S/C15H22N2O/c1-4-5-6-7-11-16-12(2)14-9-8-10-15(17-14)13(3)18/h8-10H,4-7,11H2,1-3H3/b16-12+. The van der Waals surface area contributed by atoms with Crippen LogP contribution in [0.2, 0.25) is 0 Å². The fourth-order valence-corrected chi connectivity index (χ4v) is 1.70. The van der Waals surface area contributed by atoms with Gasteiger partial charge in [0, 0.05) is 13.5 Å². The van der Waals surface area contributed by atoms with Gasteiger partial charge in [-0.3, -0.25) is 9.79 Å². The number of Topliss-reactive ketones (excluding diaryl/α,β-unsaturated/α-hetero) is 1. The van der Waals surface area contributed by atoms with Gasteiger partial charge in [-0.15, -0.1) is 0 Å². The average Bonchev–Trinajstić information content (AvgIpc) is 2.38. The van der Waals surface area contributed by atoms with Crippen molar-refractivity contribution in [2.24, 2.45) is 4.99 Å². The number of ketones is 1. The van der Waals surface area contributed by atoms with Crippen molar-refractivity contribution in [3.05, 3.63) is 29.6 Å². The van der Waals surface area contributed by atoms with Crippen LogP contribution in [-0.4, -0.2) is 23.0 Å². The Morgan fingerprint density at radius 2 is 1.89 bits per heavy atom. The summed E-state index contributed by atoms with van der Waals surface area (Å²) in [6.07, 6.45) is 4.86. The van der Waals surface area contributed by atoms with E-state index in [-0.39, 0.29) is 5.78 Å². The number of carbonyl (C=O) groups is 1. The molecule has 1 rings (SSSR count). The summed E-state index contributed by atoms with van der Waals surface area (Å²) < 4.78 is 0. The molecule has 0 spiro atoms. The lowest BCUT2D eigenvalue weighted by atomic mass is 10.2. The van der Waals surface area contributed by atoms with Crippen LogP contribution in [0.4, 0.5) is 0 Å². The number of hydrogen-bond donors (Lipinski definition) is 0. The molecule has 0 amide bonds. The highest BCUT2D eigenvalue weighted by molar-refractivity contribution is 5.99. The zero-order chi connectivity index (χ0) is 13.4. The van der Waals surface area contributed by atoms with E-state index in [1.807, 2.05) is 19.1 Å². The molecule has 1 aromatic rings. The number of nitrogens with zero attached hydrogens (tertiary/aromatic N) is 2. The van der Waals surface area contributed by atoms with Gasteiger partial charge in [-0.05, 0) is 25.5 Å². The summed E-state index contributed by atoms with van der Waals surface area (Å²) in [5.41, 5.74) is 2.22. The minimum atomic E-state index is -0.00686. The van der Waals surface area contributed by atoms with Crippen molar-refractivity contribution < 1.29 is 4.79 Å². The second-order valence-electron chi connectivity index (χ2n) is 4.49. The summed E-state index contributed by atoms with van der Waals surface area (Å²) in [6, 6.07) is 5.49. The van der Waals surface area contributed by atoms with Crippen LogP contribution in [0, 0.1) is 0 Å². The second kappa shape index (κ2) is 7.75. The molecule has 98 valence electrons. The minimum Gasteiger partial charge on any atom is -0.293 e. The van der Waals surface area contributed by atoms with Gasteiger partial charge in [0.1, 0.15) is 5.69 Å². The van der Waals surface area contributed by atoms with Crippen LogP contribution in [0.5, 0.6) is 0 Å². The van der Waals surface area contributed by atoms with Crippen molar-refractivity contribution >= 4 is 11.5 Å². The number of pyridine rings is 1. The molecule has 0 aromatic carbocycles. The first kappa shape index (κ1) is 14.6. The molecule has 3 nitrogen and oxygen atoms in total. The molecular formula is C15H22N2O. The molecule has 0 atom stereocenters. The molecule has 0 fully saturated rings. The van der Waals surface area contributed by atoms with Crippen molar-refractivity contribution in [2.75, 3.05) is 6.54 Å². The smallest absolute Gasteiger partial charge is 0.178 e. The summed E-state index contributed by atoms with van der Waals surface area (Å²) in [6.45, 7) is 6.53. The topological polar surface area (TPSA) is 42.3 Å².